The first-order chi connectivity index (χ1) is 15.0. The summed E-state index contributed by atoms with van der Waals surface area (Å²) >= 11 is 0. The van der Waals surface area contributed by atoms with Crippen LogP contribution in [0.4, 0.5) is 0 Å². The summed E-state index contributed by atoms with van der Waals surface area (Å²) in [6, 6.07) is 13.7. The summed E-state index contributed by atoms with van der Waals surface area (Å²) in [5.41, 5.74) is 3.87. The van der Waals surface area contributed by atoms with Crippen molar-refractivity contribution < 1.29 is 23.4 Å². The van der Waals surface area contributed by atoms with Gasteiger partial charge < -0.3 is 23.4 Å². The minimum absolute atomic E-state index is 0.271. The van der Waals surface area contributed by atoms with Crippen molar-refractivity contribution in [1.82, 2.24) is 0 Å². The topological polar surface area (TPSA) is 50.1 Å². The van der Waals surface area contributed by atoms with E-state index in [-0.39, 0.29) is 5.92 Å². The lowest BCUT2D eigenvalue weighted by Crippen LogP contribution is -1.98. The van der Waals surface area contributed by atoms with Crippen molar-refractivity contribution in [3.8, 4) is 34.3 Å². The van der Waals surface area contributed by atoms with Crippen LogP contribution >= 0.6 is 0 Å². The van der Waals surface area contributed by atoms with E-state index in [2.05, 4.69) is 19.9 Å². The second-order valence-corrected chi connectivity index (χ2v) is 7.39. The van der Waals surface area contributed by atoms with Crippen LogP contribution in [0.5, 0.6) is 23.0 Å². The van der Waals surface area contributed by atoms with Gasteiger partial charge in [-0.05, 0) is 49.2 Å². The molecule has 5 nitrogen and oxygen atoms in total. The third kappa shape index (κ3) is 4.41. The van der Waals surface area contributed by atoms with Crippen molar-refractivity contribution in [3.63, 3.8) is 0 Å². The molecule has 0 radical (unpaired) electrons. The zero-order valence-electron chi connectivity index (χ0n) is 19.2. The van der Waals surface area contributed by atoms with Crippen molar-refractivity contribution in [3.05, 3.63) is 65.4 Å². The summed E-state index contributed by atoms with van der Waals surface area (Å²) in [5.74, 6) is 4.68. The lowest BCUT2D eigenvalue weighted by Gasteiger charge is -2.16. The van der Waals surface area contributed by atoms with Crippen LogP contribution in [-0.2, 0) is 0 Å². The van der Waals surface area contributed by atoms with E-state index < -0.39 is 0 Å². The first-order valence-corrected chi connectivity index (χ1v) is 10.2. The highest BCUT2D eigenvalue weighted by atomic mass is 16.5. The Hall–Kier alpha value is -3.34. The monoisotopic (exact) mass is 422 g/mol. The number of methoxy groups -OCH3 is 4. The molecular weight excluding hydrogens is 392 g/mol. The molecule has 0 atom stereocenters. The zero-order valence-corrected chi connectivity index (χ0v) is 19.2. The summed E-state index contributed by atoms with van der Waals surface area (Å²) in [5, 5.41) is 0. The quantitative estimate of drug-likeness (QED) is 0.412. The fraction of sp³-hybridized carbons (Fsp3) is 0.308. The Morgan fingerprint density at radius 2 is 1.58 bits per heavy atom. The van der Waals surface area contributed by atoms with Gasteiger partial charge >= 0.3 is 0 Å². The lowest BCUT2D eigenvalue weighted by molar-refractivity contribution is 0.350. The van der Waals surface area contributed by atoms with E-state index in [0.717, 1.165) is 51.0 Å². The smallest absolute Gasteiger partial charge is 0.164 e. The third-order valence-electron chi connectivity index (χ3n) is 5.27. The molecule has 3 aromatic rings. The molecular formula is C26H30O5. The molecule has 164 valence electrons. The first kappa shape index (κ1) is 22.3. The number of hydrogen-bond acceptors (Lipinski definition) is 5. The van der Waals surface area contributed by atoms with Gasteiger partial charge in [0, 0.05) is 28.3 Å². The van der Waals surface area contributed by atoms with Gasteiger partial charge in [0.05, 0.1) is 28.4 Å². The minimum Gasteiger partial charge on any atom is -0.497 e. The third-order valence-corrected chi connectivity index (χ3v) is 5.27. The highest BCUT2D eigenvalue weighted by Crippen LogP contribution is 2.41. The van der Waals surface area contributed by atoms with Crippen LogP contribution < -0.4 is 18.9 Å². The lowest BCUT2D eigenvalue weighted by atomic mass is 9.98. The summed E-state index contributed by atoms with van der Waals surface area (Å²) in [7, 11) is 6.59. The molecule has 0 fully saturated rings. The molecule has 0 aliphatic heterocycles. The van der Waals surface area contributed by atoms with Gasteiger partial charge in [0.25, 0.3) is 0 Å². The normalized spacial score (nSPS) is 11.5. The Morgan fingerprint density at radius 1 is 0.839 bits per heavy atom. The molecule has 31 heavy (non-hydrogen) atoms. The molecule has 2 aromatic carbocycles. The van der Waals surface area contributed by atoms with Crippen LogP contribution in [0.1, 0.15) is 43.6 Å². The predicted octanol–water partition coefficient (Wildman–Crippen LogP) is 6.56. The van der Waals surface area contributed by atoms with Gasteiger partial charge in [-0.1, -0.05) is 19.9 Å². The maximum atomic E-state index is 6.29. The Kier molecular flexibility index (Phi) is 6.95. The molecule has 0 saturated carbocycles. The second-order valence-electron chi connectivity index (χ2n) is 7.39. The van der Waals surface area contributed by atoms with Crippen LogP contribution in [0.15, 0.2) is 53.0 Å². The molecule has 1 aromatic heterocycles. The van der Waals surface area contributed by atoms with E-state index in [9.17, 15) is 0 Å². The average molecular weight is 423 g/mol. The number of ether oxygens (including phenoxy) is 4. The van der Waals surface area contributed by atoms with Gasteiger partial charge in [-0.3, -0.25) is 0 Å². The van der Waals surface area contributed by atoms with Crippen molar-refractivity contribution in [2.45, 2.75) is 26.7 Å². The highest BCUT2D eigenvalue weighted by molar-refractivity contribution is 5.82. The van der Waals surface area contributed by atoms with Crippen LogP contribution in [0.2, 0.25) is 0 Å². The Bertz CT molecular complexity index is 1080. The van der Waals surface area contributed by atoms with Crippen LogP contribution in [0, 0.1) is 0 Å². The number of furan rings is 1. The first-order valence-electron chi connectivity index (χ1n) is 10.2. The number of allylic oxidation sites excluding steroid dienone is 1. The molecule has 1 heterocycles. The molecule has 0 saturated heterocycles. The van der Waals surface area contributed by atoms with E-state index in [1.165, 1.54) is 0 Å². The summed E-state index contributed by atoms with van der Waals surface area (Å²) in [4.78, 5) is 0. The largest absolute Gasteiger partial charge is 0.497 e. The Labute approximate surface area is 184 Å². The second kappa shape index (κ2) is 9.65. The fourth-order valence-electron chi connectivity index (χ4n) is 3.65. The van der Waals surface area contributed by atoms with E-state index in [0.29, 0.717) is 5.75 Å². The molecule has 0 amide bonds. The van der Waals surface area contributed by atoms with Crippen LogP contribution in [0.25, 0.3) is 16.9 Å². The van der Waals surface area contributed by atoms with Gasteiger partial charge in [-0.2, -0.15) is 0 Å². The van der Waals surface area contributed by atoms with E-state index >= 15 is 0 Å². The van der Waals surface area contributed by atoms with E-state index in [4.69, 9.17) is 23.4 Å². The van der Waals surface area contributed by atoms with Crippen LogP contribution in [-0.4, -0.2) is 28.4 Å². The van der Waals surface area contributed by atoms with Crippen molar-refractivity contribution in [2.75, 3.05) is 28.4 Å². The van der Waals surface area contributed by atoms with Crippen molar-refractivity contribution >= 4 is 5.57 Å². The zero-order chi connectivity index (χ0) is 22.5. The highest BCUT2D eigenvalue weighted by Gasteiger charge is 2.19. The van der Waals surface area contributed by atoms with Gasteiger partial charge in [0.15, 0.2) is 11.5 Å². The van der Waals surface area contributed by atoms with Crippen molar-refractivity contribution in [2.24, 2.45) is 0 Å². The predicted molar refractivity (Wildman–Crippen MR) is 124 cm³/mol. The average Bonchev–Trinajstić information content (AvgIpc) is 3.28. The Morgan fingerprint density at radius 3 is 2.16 bits per heavy atom. The maximum absolute atomic E-state index is 6.29. The fourth-order valence-corrected chi connectivity index (χ4v) is 3.65. The van der Waals surface area contributed by atoms with Gasteiger partial charge in [-0.25, -0.2) is 0 Å². The standard InChI is InChI=1S/C26H30O5/c1-8-19(20-10-9-18(27-4)15-24(20)28-5)23-12-11-22(31-23)17-13-21(16(2)3)26(30-7)25(14-17)29-6/h8-16H,1-7H3/b19-8+. The number of benzene rings is 2. The summed E-state index contributed by atoms with van der Waals surface area (Å²) in [6.07, 6.45) is 2.01. The summed E-state index contributed by atoms with van der Waals surface area (Å²) in [6.45, 7) is 6.24. The maximum Gasteiger partial charge on any atom is 0.164 e. The molecule has 0 unspecified atom stereocenters. The van der Waals surface area contributed by atoms with Gasteiger partial charge in [0.1, 0.15) is 23.0 Å². The Balaban J connectivity index is 2.06. The molecule has 3 rings (SSSR count). The number of rotatable bonds is 8. The molecule has 0 N–H and O–H groups in total. The number of hydrogen-bond donors (Lipinski definition) is 0. The molecule has 0 bridgehead atoms. The van der Waals surface area contributed by atoms with Gasteiger partial charge in [0.2, 0.25) is 0 Å². The minimum atomic E-state index is 0.271. The van der Waals surface area contributed by atoms with E-state index in [1.807, 2.05) is 49.4 Å². The van der Waals surface area contributed by atoms with Crippen molar-refractivity contribution in [1.29, 1.82) is 0 Å². The van der Waals surface area contributed by atoms with Crippen LogP contribution in [0.3, 0.4) is 0 Å². The molecule has 0 aliphatic carbocycles. The molecule has 0 spiro atoms. The van der Waals surface area contributed by atoms with E-state index in [1.54, 1.807) is 28.4 Å². The molecule has 5 heteroatoms. The summed E-state index contributed by atoms with van der Waals surface area (Å²) < 4.78 is 28.4. The molecule has 0 aliphatic rings. The SMILES string of the molecule is C/C=C(/c1ccc(-c2cc(OC)c(OC)c(C(C)C)c2)o1)c1ccc(OC)cc1OC. The van der Waals surface area contributed by atoms with Gasteiger partial charge in [-0.15, -0.1) is 0 Å².